The summed E-state index contributed by atoms with van der Waals surface area (Å²) in [5.74, 6) is -0.558. The quantitative estimate of drug-likeness (QED) is 0.932. The van der Waals surface area contributed by atoms with Crippen molar-refractivity contribution in [2.24, 2.45) is 0 Å². The second-order valence-corrected chi connectivity index (χ2v) is 4.30. The van der Waals surface area contributed by atoms with Gasteiger partial charge in [0.25, 0.3) is 0 Å². The van der Waals surface area contributed by atoms with E-state index >= 15 is 0 Å². The zero-order chi connectivity index (χ0) is 12.4. The Morgan fingerprint density at radius 2 is 2.00 bits per heavy atom. The van der Waals surface area contributed by atoms with Crippen molar-refractivity contribution in [2.45, 2.75) is 13.3 Å². The zero-order valence-electron chi connectivity index (χ0n) is 9.24. The molecule has 0 spiro atoms. The number of rotatable bonds is 3. The Balaban J connectivity index is 2.66. The third-order valence-corrected chi connectivity index (χ3v) is 3.20. The Labute approximate surface area is 107 Å². The monoisotopic (exact) mass is 294 g/mol. The van der Waals surface area contributed by atoms with Crippen LogP contribution >= 0.6 is 15.9 Å². The molecule has 17 heavy (non-hydrogen) atoms. The number of hydrogen-bond donors (Lipinski definition) is 1. The molecule has 0 amide bonds. The van der Waals surface area contributed by atoms with E-state index in [9.17, 15) is 9.90 Å². The minimum atomic E-state index is -0.963. The Morgan fingerprint density at radius 1 is 1.35 bits per heavy atom. The standard InChI is InChI=1S/C13H11BrO3/c1-2-9-10(13(15)16)11(17-12(9)14)8-6-4-3-5-7-8/h3-7H,2H2,1H3,(H,15,16). The highest BCUT2D eigenvalue weighted by molar-refractivity contribution is 9.10. The molecule has 0 bridgehead atoms. The zero-order valence-corrected chi connectivity index (χ0v) is 10.8. The van der Waals surface area contributed by atoms with Crippen molar-refractivity contribution in [1.29, 1.82) is 0 Å². The van der Waals surface area contributed by atoms with E-state index in [1.54, 1.807) is 0 Å². The molecule has 2 aromatic rings. The molecule has 0 aliphatic carbocycles. The normalized spacial score (nSPS) is 10.5. The molecule has 1 aromatic heterocycles. The highest BCUT2D eigenvalue weighted by atomic mass is 79.9. The molecule has 1 N–H and O–H groups in total. The first-order valence-corrected chi connectivity index (χ1v) is 6.04. The molecule has 0 atom stereocenters. The first kappa shape index (κ1) is 11.9. The fraction of sp³-hybridized carbons (Fsp3) is 0.154. The largest absolute Gasteiger partial charge is 0.478 e. The van der Waals surface area contributed by atoms with Crippen LogP contribution in [0.1, 0.15) is 22.8 Å². The Morgan fingerprint density at radius 3 is 2.53 bits per heavy atom. The summed E-state index contributed by atoms with van der Waals surface area (Å²) < 4.78 is 6.02. The van der Waals surface area contributed by atoms with Gasteiger partial charge in [-0.2, -0.15) is 0 Å². The van der Waals surface area contributed by atoms with E-state index in [4.69, 9.17) is 4.42 Å². The lowest BCUT2D eigenvalue weighted by Gasteiger charge is -1.99. The van der Waals surface area contributed by atoms with Gasteiger partial charge in [0, 0.05) is 11.1 Å². The van der Waals surface area contributed by atoms with Crippen LogP contribution in [0.25, 0.3) is 11.3 Å². The van der Waals surface area contributed by atoms with E-state index in [0.29, 0.717) is 22.4 Å². The minimum Gasteiger partial charge on any atom is -0.478 e. The summed E-state index contributed by atoms with van der Waals surface area (Å²) >= 11 is 3.26. The van der Waals surface area contributed by atoms with Crippen LogP contribution in [-0.4, -0.2) is 11.1 Å². The summed E-state index contributed by atoms with van der Waals surface area (Å²) in [6.45, 7) is 1.90. The van der Waals surface area contributed by atoms with E-state index < -0.39 is 5.97 Å². The van der Waals surface area contributed by atoms with Crippen molar-refractivity contribution in [3.63, 3.8) is 0 Å². The van der Waals surface area contributed by atoms with Crippen LogP contribution in [0.2, 0.25) is 0 Å². The van der Waals surface area contributed by atoms with Crippen LogP contribution < -0.4 is 0 Å². The Hall–Kier alpha value is -1.55. The van der Waals surface area contributed by atoms with Crippen LogP contribution in [0.3, 0.4) is 0 Å². The average Bonchev–Trinajstić information content (AvgIpc) is 2.67. The number of furan rings is 1. The molecule has 88 valence electrons. The minimum absolute atomic E-state index is 0.241. The summed E-state index contributed by atoms with van der Waals surface area (Å²) in [4.78, 5) is 11.3. The van der Waals surface area contributed by atoms with Crippen molar-refractivity contribution in [2.75, 3.05) is 0 Å². The predicted molar refractivity (Wildman–Crippen MR) is 68.2 cm³/mol. The lowest BCUT2D eigenvalue weighted by atomic mass is 10.0. The van der Waals surface area contributed by atoms with Gasteiger partial charge in [-0.1, -0.05) is 37.3 Å². The third kappa shape index (κ3) is 2.13. The summed E-state index contributed by atoms with van der Waals surface area (Å²) in [5.41, 5.74) is 1.70. The Kier molecular flexibility index (Phi) is 3.33. The van der Waals surface area contributed by atoms with E-state index in [0.717, 1.165) is 5.56 Å². The van der Waals surface area contributed by atoms with Gasteiger partial charge in [0.1, 0.15) is 11.3 Å². The molecule has 0 unspecified atom stereocenters. The summed E-state index contributed by atoms with van der Waals surface area (Å²) in [7, 11) is 0. The topological polar surface area (TPSA) is 50.4 Å². The maximum absolute atomic E-state index is 11.3. The third-order valence-electron chi connectivity index (χ3n) is 2.56. The van der Waals surface area contributed by atoms with E-state index in [-0.39, 0.29) is 5.56 Å². The van der Waals surface area contributed by atoms with Crippen molar-refractivity contribution in [3.05, 3.63) is 46.1 Å². The number of carbonyl (C=O) groups is 1. The molecule has 2 rings (SSSR count). The molecular weight excluding hydrogens is 284 g/mol. The second-order valence-electron chi connectivity index (χ2n) is 3.58. The molecule has 1 aromatic carbocycles. The highest BCUT2D eigenvalue weighted by Crippen LogP contribution is 2.34. The van der Waals surface area contributed by atoms with Gasteiger partial charge < -0.3 is 9.52 Å². The number of hydrogen-bond acceptors (Lipinski definition) is 2. The molecular formula is C13H11BrO3. The molecule has 0 saturated heterocycles. The second kappa shape index (κ2) is 4.75. The van der Waals surface area contributed by atoms with Crippen LogP contribution in [0.15, 0.2) is 39.4 Å². The molecule has 0 fully saturated rings. The van der Waals surface area contributed by atoms with E-state index in [2.05, 4.69) is 15.9 Å². The first-order chi connectivity index (χ1) is 8.15. The first-order valence-electron chi connectivity index (χ1n) is 5.25. The number of carboxylic acids is 1. The molecule has 4 heteroatoms. The fourth-order valence-electron chi connectivity index (χ4n) is 1.77. The fourth-order valence-corrected chi connectivity index (χ4v) is 2.41. The highest BCUT2D eigenvalue weighted by Gasteiger charge is 2.23. The molecule has 0 aliphatic heterocycles. The van der Waals surface area contributed by atoms with Gasteiger partial charge in [-0.15, -0.1) is 0 Å². The SMILES string of the molecule is CCc1c(Br)oc(-c2ccccc2)c1C(=O)O. The lowest BCUT2D eigenvalue weighted by molar-refractivity contribution is 0.0696. The number of benzene rings is 1. The number of aromatic carboxylic acids is 1. The molecule has 0 radical (unpaired) electrons. The van der Waals surface area contributed by atoms with Crippen molar-refractivity contribution in [1.82, 2.24) is 0 Å². The average molecular weight is 295 g/mol. The van der Waals surface area contributed by atoms with Crippen molar-refractivity contribution < 1.29 is 14.3 Å². The summed E-state index contributed by atoms with van der Waals surface area (Å²) in [5, 5.41) is 9.27. The van der Waals surface area contributed by atoms with E-state index in [1.165, 1.54) is 0 Å². The predicted octanol–water partition coefficient (Wildman–Crippen LogP) is 3.97. The number of halogens is 1. The molecule has 1 heterocycles. The van der Waals surface area contributed by atoms with Crippen LogP contribution in [0.4, 0.5) is 0 Å². The van der Waals surface area contributed by atoms with Crippen LogP contribution in [0, 0.1) is 0 Å². The molecule has 3 nitrogen and oxygen atoms in total. The van der Waals surface area contributed by atoms with Crippen molar-refractivity contribution >= 4 is 21.9 Å². The molecule has 0 aliphatic rings. The smallest absolute Gasteiger partial charge is 0.339 e. The molecule has 0 saturated carbocycles. The van der Waals surface area contributed by atoms with Gasteiger partial charge >= 0.3 is 5.97 Å². The van der Waals surface area contributed by atoms with Crippen LogP contribution in [0.5, 0.6) is 0 Å². The summed E-state index contributed by atoms with van der Waals surface area (Å²) in [6, 6.07) is 9.24. The van der Waals surface area contributed by atoms with Gasteiger partial charge in [0.05, 0.1) is 0 Å². The maximum atomic E-state index is 11.3. The number of carboxylic acid groups (broad SMARTS) is 1. The van der Waals surface area contributed by atoms with Gasteiger partial charge in [-0.25, -0.2) is 4.79 Å². The van der Waals surface area contributed by atoms with Gasteiger partial charge in [0.15, 0.2) is 4.67 Å². The van der Waals surface area contributed by atoms with Gasteiger partial charge in [-0.3, -0.25) is 0 Å². The Bertz CT molecular complexity index is 543. The summed E-state index contributed by atoms with van der Waals surface area (Å²) in [6.07, 6.45) is 0.610. The van der Waals surface area contributed by atoms with Gasteiger partial charge in [-0.05, 0) is 22.4 Å². The van der Waals surface area contributed by atoms with Crippen molar-refractivity contribution in [3.8, 4) is 11.3 Å². The van der Waals surface area contributed by atoms with Crippen LogP contribution in [-0.2, 0) is 6.42 Å². The lowest BCUT2D eigenvalue weighted by Crippen LogP contribution is -2.00. The van der Waals surface area contributed by atoms with E-state index in [1.807, 2.05) is 37.3 Å². The van der Waals surface area contributed by atoms with Gasteiger partial charge in [0.2, 0.25) is 0 Å². The maximum Gasteiger partial charge on any atom is 0.339 e.